The molecule has 0 aliphatic rings. The number of carbonyl (C=O) groups excluding carboxylic acids is 1. The Morgan fingerprint density at radius 2 is 2.06 bits per heavy atom. The standard InChI is InChI=1S/C13H17NO2/c1-16-13(15)10-6-3-7-11-14-12-8-4-2-5-9-12/h2,4-5,8-9,11H,3,6-7,10H2,1H3. The van der Waals surface area contributed by atoms with Crippen LogP contribution in [0.2, 0.25) is 0 Å². The average molecular weight is 219 g/mol. The molecule has 0 saturated heterocycles. The zero-order valence-electron chi connectivity index (χ0n) is 9.56. The van der Waals surface area contributed by atoms with Crippen molar-refractivity contribution in [1.29, 1.82) is 0 Å². The molecule has 1 aromatic carbocycles. The minimum absolute atomic E-state index is 0.139. The van der Waals surface area contributed by atoms with E-state index in [0.717, 1.165) is 24.9 Å². The summed E-state index contributed by atoms with van der Waals surface area (Å²) in [4.78, 5) is 15.1. The highest BCUT2D eigenvalue weighted by Gasteiger charge is 1.97. The highest BCUT2D eigenvalue weighted by molar-refractivity contribution is 5.69. The van der Waals surface area contributed by atoms with Crippen LogP contribution in [0.15, 0.2) is 35.3 Å². The van der Waals surface area contributed by atoms with Crippen molar-refractivity contribution in [3.8, 4) is 0 Å². The quantitative estimate of drug-likeness (QED) is 0.419. The Morgan fingerprint density at radius 3 is 2.75 bits per heavy atom. The maximum Gasteiger partial charge on any atom is 0.305 e. The van der Waals surface area contributed by atoms with Crippen LogP contribution in [0.4, 0.5) is 5.69 Å². The van der Waals surface area contributed by atoms with E-state index in [-0.39, 0.29) is 5.97 Å². The molecule has 0 aromatic heterocycles. The monoisotopic (exact) mass is 219 g/mol. The molecule has 3 nitrogen and oxygen atoms in total. The maximum absolute atomic E-state index is 10.8. The first-order chi connectivity index (χ1) is 7.83. The van der Waals surface area contributed by atoms with Gasteiger partial charge in [0.2, 0.25) is 0 Å². The van der Waals surface area contributed by atoms with E-state index in [1.165, 1.54) is 7.11 Å². The van der Waals surface area contributed by atoms with Crippen LogP contribution in [0.5, 0.6) is 0 Å². The molecule has 0 unspecified atom stereocenters. The van der Waals surface area contributed by atoms with Gasteiger partial charge in [-0.3, -0.25) is 9.79 Å². The van der Waals surface area contributed by atoms with E-state index in [1.54, 1.807) is 0 Å². The van der Waals surface area contributed by atoms with Crippen molar-refractivity contribution in [2.75, 3.05) is 7.11 Å². The van der Waals surface area contributed by atoms with Crippen LogP contribution in [-0.2, 0) is 9.53 Å². The van der Waals surface area contributed by atoms with Gasteiger partial charge in [0.1, 0.15) is 0 Å². The Balaban J connectivity index is 2.12. The summed E-state index contributed by atoms with van der Waals surface area (Å²) in [5.41, 5.74) is 0.968. The number of esters is 1. The summed E-state index contributed by atoms with van der Waals surface area (Å²) < 4.78 is 4.55. The predicted molar refractivity (Wildman–Crippen MR) is 65.1 cm³/mol. The topological polar surface area (TPSA) is 38.7 Å². The zero-order valence-corrected chi connectivity index (χ0v) is 9.56. The summed E-state index contributed by atoms with van der Waals surface area (Å²) in [6.07, 6.45) is 5.10. The Bertz CT molecular complexity index is 333. The number of ether oxygens (including phenoxy) is 1. The van der Waals surface area contributed by atoms with Gasteiger partial charge in [0.15, 0.2) is 0 Å². The van der Waals surface area contributed by atoms with Gasteiger partial charge < -0.3 is 4.74 Å². The van der Waals surface area contributed by atoms with Crippen LogP contribution in [-0.4, -0.2) is 19.3 Å². The van der Waals surface area contributed by atoms with Gasteiger partial charge in [-0.25, -0.2) is 0 Å². The van der Waals surface area contributed by atoms with Crippen molar-refractivity contribution in [3.63, 3.8) is 0 Å². The molecule has 0 fully saturated rings. The van der Waals surface area contributed by atoms with E-state index >= 15 is 0 Å². The summed E-state index contributed by atoms with van der Waals surface area (Å²) in [5.74, 6) is -0.139. The fraction of sp³-hybridized carbons (Fsp3) is 0.385. The van der Waals surface area contributed by atoms with Gasteiger partial charge in [0.05, 0.1) is 12.8 Å². The lowest BCUT2D eigenvalue weighted by Crippen LogP contribution is -1.99. The lowest BCUT2D eigenvalue weighted by Gasteiger charge is -1.97. The molecular weight excluding hydrogens is 202 g/mol. The Hall–Kier alpha value is -1.64. The highest BCUT2D eigenvalue weighted by Crippen LogP contribution is 2.09. The van der Waals surface area contributed by atoms with E-state index in [2.05, 4.69) is 9.73 Å². The van der Waals surface area contributed by atoms with E-state index in [4.69, 9.17) is 0 Å². The number of nitrogens with zero attached hydrogens (tertiary/aromatic N) is 1. The molecule has 0 aliphatic heterocycles. The maximum atomic E-state index is 10.8. The number of methoxy groups -OCH3 is 1. The molecule has 0 atom stereocenters. The first-order valence-corrected chi connectivity index (χ1v) is 5.47. The second kappa shape index (κ2) is 7.63. The molecule has 1 rings (SSSR count). The molecule has 0 N–H and O–H groups in total. The predicted octanol–water partition coefficient (Wildman–Crippen LogP) is 3.12. The van der Waals surface area contributed by atoms with Crippen LogP contribution in [0.1, 0.15) is 25.7 Å². The van der Waals surface area contributed by atoms with E-state index in [0.29, 0.717) is 6.42 Å². The van der Waals surface area contributed by atoms with Crippen LogP contribution < -0.4 is 0 Å². The molecule has 0 heterocycles. The molecule has 86 valence electrons. The Labute approximate surface area is 96.2 Å². The number of benzene rings is 1. The minimum atomic E-state index is -0.139. The molecule has 16 heavy (non-hydrogen) atoms. The minimum Gasteiger partial charge on any atom is -0.469 e. The first-order valence-electron chi connectivity index (χ1n) is 5.47. The van der Waals surface area contributed by atoms with Crippen molar-refractivity contribution < 1.29 is 9.53 Å². The van der Waals surface area contributed by atoms with E-state index in [1.807, 2.05) is 36.5 Å². The van der Waals surface area contributed by atoms with Gasteiger partial charge in [0, 0.05) is 12.6 Å². The second-order valence-corrected chi connectivity index (χ2v) is 3.47. The molecule has 0 aliphatic carbocycles. The smallest absolute Gasteiger partial charge is 0.305 e. The van der Waals surface area contributed by atoms with Gasteiger partial charge in [-0.05, 0) is 31.4 Å². The van der Waals surface area contributed by atoms with Crippen LogP contribution in [0.3, 0.4) is 0 Å². The van der Waals surface area contributed by atoms with Crippen LogP contribution in [0.25, 0.3) is 0 Å². The molecule has 0 bridgehead atoms. The van der Waals surface area contributed by atoms with E-state index in [9.17, 15) is 4.79 Å². The Kier molecular flexibility index (Phi) is 5.92. The van der Waals surface area contributed by atoms with Crippen molar-refractivity contribution in [2.45, 2.75) is 25.7 Å². The van der Waals surface area contributed by atoms with Crippen LogP contribution >= 0.6 is 0 Å². The fourth-order valence-electron chi connectivity index (χ4n) is 1.29. The summed E-state index contributed by atoms with van der Waals surface area (Å²) >= 11 is 0. The molecule has 0 saturated carbocycles. The summed E-state index contributed by atoms with van der Waals surface area (Å²) in [5, 5.41) is 0. The Morgan fingerprint density at radius 1 is 1.31 bits per heavy atom. The van der Waals surface area contributed by atoms with E-state index < -0.39 is 0 Å². The molecule has 1 aromatic rings. The van der Waals surface area contributed by atoms with Gasteiger partial charge in [-0.2, -0.15) is 0 Å². The third-order valence-electron chi connectivity index (χ3n) is 2.19. The van der Waals surface area contributed by atoms with Crippen molar-refractivity contribution in [1.82, 2.24) is 0 Å². The zero-order chi connectivity index (χ0) is 11.6. The summed E-state index contributed by atoms with van der Waals surface area (Å²) in [6, 6.07) is 9.82. The number of hydrogen-bond donors (Lipinski definition) is 0. The van der Waals surface area contributed by atoms with Gasteiger partial charge >= 0.3 is 5.97 Å². The fourth-order valence-corrected chi connectivity index (χ4v) is 1.29. The average Bonchev–Trinajstić information content (AvgIpc) is 2.34. The highest BCUT2D eigenvalue weighted by atomic mass is 16.5. The van der Waals surface area contributed by atoms with Gasteiger partial charge in [-0.15, -0.1) is 0 Å². The number of hydrogen-bond acceptors (Lipinski definition) is 3. The molecule has 3 heteroatoms. The lowest BCUT2D eigenvalue weighted by molar-refractivity contribution is -0.140. The molecular formula is C13H17NO2. The first kappa shape index (κ1) is 12.4. The number of rotatable bonds is 6. The lowest BCUT2D eigenvalue weighted by atomic mass is 10.2. The molecule has 0 radical (unpaired) electrons. The summed E-state index contributed by atoms with van der Waals surface area (Å²) in [7, 11) is 1.42. The van der Waals surface area contributed by atoms with Gasteiger partial charge in [-0.1, -0.05) is 18.2 Å². The van der Waals surface area contributed by atoms with Crippen LogP contribution in [0, 0.1) is 0 Å². The largest absolute Gasteiger partial charge is 0.469 e. The number of carbonyl (C=O) groups is 1. The normalized spacial score (nSPS) is 10.6. The van der Waals surface area contributed by atoms with Crippen molar-refractivity contribution in [2.24, 2.45) is 4.99 Å². The third-order valence-corrected chi connectivity index (χ3v) is 2.19. The van der Waals surface area contributed by atoms with Crippen molar-refractivity contribution in [3.05, 3.63) is 30.3 Å². The molecule has 0 amide bonds. The SMILES string of the molecule is COC(=O)CCCCC=Nc1ccccc1. The third kappa shape index (κ3) is 5.29. The van der Waals surface area contributed by atoms with Gasteiger partial charge in [0.25, 0.3) is 0 Å². The summed E-state index contributed by atoms with van der Waals surface area (Å²) in [6.45, 7) is 0. The number of aliphatic imine (C=N–C) groups is 1. The second-order valence-electron chi connectivity index (χ2n) is 3.47. The number of unbranched alkanes of at least 4 members (excludes halogenated alkanes) is 2. The van der Waals surface area contributed by atoms with Crippen molar-refractivity contribution >= 4 is 17.9 Å². The molecule has 0 spiro atoms. The number of para-hydroxylation sites is 1.